The van der Waals surface area contributed by atoms with Crippen LogP contribution in [0, 0.1) is 39.0 Å². The molecule has 0 aliphatic heterocycles. The van der Waals surface area contributed by atoms with Crippen LogP contribution in [0.4, 0.5) is 0 Å². The summed E-state index contributed by atoms with van der Waals surface area (Å²) in [6.07, 6.45) is 0.456. The number of benzene rings is 2. The zero-order valence-electron chi connectivity index (χ0n) is 19.0. The number of nitrogens with zero attached hydrogens (tertiary/aromatic N) is 2. The van der Waals surface area contributed by atoms with Gasteiger partial charge in [-0.25, -0.2) is 0 Å². The van der Waals surface area contributed by atoms with Gasteiger partial charge in [-0.3, -0.25) is 14.2 Å². The van der Waals surface area contributed by atoms with E-state index in [0.29, 0.717) is 17.6 Å². The summed E-state index contributed by atoms with van der Waals surface area (Å²) in [7, 11) is 0. The van der Waals surface area contributed by atoms with Crippen molar-refractivity contribution in [2.75, 3.05) is 0 Å². The Morgan fingerprint density at radius 3 is 2.45 bits per heavy atom. The predicted octanol–water partition coefficient (Wildman–Crippen LogP) is 4.88. The lowest BCUT2D eigenvalue weighted by Crippen LogP contribution is -2.27. The van der Waals surface area contributed by atoms with Crippen molar-refractivity contribution in [3.63, 3.8) is 0 Å². The van der Waals surface area contributed by atoms with E-state index in [9.17, 15) is 20.0 Å². The number of pyridine rings is 1. The molecule has 2 aromatic heterocycles. The fourth-order valence-electron chi connectivity index (χ4n) is 4.44. The van der Waals surface area contributed by atoms with Crippen molar-refractivity contribution < 1.29 is 14.3 Å². The number of hydrogen-bond donors (Lipinski definition) is 1. The van der Waals surface area contributed by atoms with Crippen molar-refractivity contribution in [2.45, 2.75) is 40.7 Å². The van der Waals surface area contributed by atoms with Gasteiger partial charge < -0.3 is 9.52 Å². The van der Waals surface area contributed by atoms with Gasteiger partial charge >= 0.3 is 0 Å². The van der Waals surface area contributed by atoms with E-state index in [4.69, 9.17) is 4.42 Å². The van der Waals surface area contributed by atoms with Gasteiger partial charge in [0.05, 0.1) is 5.56 Å². The highest BCUT2D eigenvalue weighted by atomic mass is 16.3. The van der Waals surface area contributed by atoms with Crippen molar-refractivity contribution in [3.05, 3.63) is 97.5 Å². The molecule has 0 radical (unpaired) electrons. The number of carbonyl (C=O) groups excluding carboxylic acids is 1. The highest BCUT2D eigenvalue weighted by molar-refractivity contribution is 6.13. The number of hydrogen-bond acceptors (Lipinski definition) is 5. The highest BCUT2D eigenvalue weighted by Crippen LogP contribution is 2.33. The molecule has 0 aliphatic rings. The van der Waals surface area contributed by atoms with Gasteiger partial charge in [-0.05, 0) is 62.4 Å². The maximum absolute atomic E-state index is 13.6. The normalized spacial score (nSPS) is 11.0. The third-order valence-electron chi connectivity index (χ3n) is 6.07. The van der Waals surface area contributed by atoms with Gasteiger partial charge in [0.25, 0.3) is 5.56 Å². The van der Waals surface area contributed by atoms with E-state index in [1.807, 2.05) is 62.4 Å². The lowest BCUT2D eigenvalue weighted by atomic mass is 9.97. The molecule has 1 N–H and O–H groups in total. The van der Waals surface area contributed by atoms with Crippen LogP contribution in [0.1, 0.15) is 49.5 Å². The lowest BCUT2D eigenvalue weighted by molar-refractivity contribution is 0.101. The molecule has 0 saturated heterocycles. The molecule has 0 spiro atoms. The third kappa shape index (κ3) is 3.72. The number of aromatic nitrogens is 1. The average Bonchev–Trinajstić information content (AvgIpc) is 3.11. The Morgan fingerprint density at radius 1 is 1.09 bits per heavy atom. The van der Waals surface area contributed by atoms with Gasteiger partial charge in [-0.2, -0.15) is 5.26 Å². The maximum Gasteiger partial charge on any atom is 0.271 e. The van der Waals surface area contributed by atoms with Gasteiger partial charge in [-0.15, -0.1) is 0 Å². The number of rotatable bonds is 5. The summed E-state index contributed by atoms with van der Waals surface area (Å²) in [5, 5.41) is 21.5. The lowest BCUT2D eigenvalue weighted by Gasteiger charge is -2.15. The van der Waals surface area contributed by atoms with E-state index in [0.717, 1.165) is 26.6 Å². The quantitative estimate of drug-likeness (QED) is 0.446. The smallest absolute Gasteiger partial charge is 0.271 e. The van der Waals surface area contributed by atoms with Crippen molar-refractivity contribution in [1.29, 1.82) is 5.26 Å². The summed E-state index contributed by atoms with van der Waals surface area (Å²) in [4.78, 5) is 26.5. The van der Waals surface area contributed by atoms with Gasteiger partial charge in [0.2, 0.25) is 11.7 Å². The molecule has 0 atom stereocenters. The molecule has 4 rings (SSSR count). The monoisotopic (exact) mass is 440 g/mol. The number of furan rings is 1. The first kappa shape index (κ1) is 22.1. The van der Waals surface area contributed by atoms with Crippen LogP contribution in [0.25, 0.3) is 11.0 Å². The molecule has 33 heavy (non-hydrogen) atoms. The third-order valence-corrected chi connectivity index (χ3v) is 6.07. The second kappa shape index (κ2) is 8.44. The summed E-state index contributed by atoms with van der Waals surface area (Å²) < 4.78 is 7.03. The number of carbonyl (C=O) groups is 1. The van der Waals surface area contributed by atoms with Gasteiger partial charge in [0.15, 0.2) is 5.76 Å². The molecular formula is C27H24N2O4. The molecule has 166 valence electrons. The Hall–Kier alpha value is -4.11. The van der Waals surface area contributed by atoms with Crippen LogP contribution in [-0.2, 0) is 13.0 Å². The fourth-order valence-corrected chi connectivity index (χ4v) is 4.44. The first-order chi connectivity index (χ1) is 15.7. The standard InChI is InChI=1S/C27H24N2O4/c1-15-12-16(2)22-18(4)25(33-21(22)13-15)24(30)23-17(3)20(14-28)26(31)29(27(23)32)11-10-19-8-6-5-7-9-19/h5-9,12-13,32H,10-11H2,1-4H3. The van der Waals surface area contributed by atoms with Crippen LogP contribution in [-0.4, -0.2) is 15.5 Å². The first-order valence-corrected chi connectivity index (χ1v) is 10.7. The van der Waals surface area contributed by atoms with E-state index < -0.39 is 17.2 Å². The summed E-state index contributed by atoms with van der Waals surface area (Å²) in [6, 6.07) is 15.3. The van der Waals surface area contributed by atoms with E-state index >= 15 is 0 Å². The Bertz CT molecular complexity index is 1500. The Labute approximate surface area is 191 Å². The topological polar surface area (TPSA) is 96.2 Å². The molecule has 0 bridgehead atoms. The summed E-state index contributed by atoms with van der Waals surface area (Å²) in [6.45, 7) is 7.32. The van der Waals surface area contributed by atoms with E-state index in [2.05, 4.69) is 0 Å². The molecule has 2 aromatic carbocycles. The Morgan fingerprint density at radius 2 is 1.79 bits per heavy atom. The average molecular weight is 440 g/mol. The fraction of sp³-hybridized carbons (Fsp3) is 0.222. The van der Waals surface area contributed by atoms with Crippen LogP contribution in [0.2, 0.25) is 0 Å². The molecule has 0 saturated carbocycles. The number of aromatic hydroxyl groups is 1. The zero-order chi connectivity index (χ0) is 23.9. The number of aryl methyl sites for hydroxylation is 4. The van der Waals surface area contributed by atoms with E-state index in [1.54, 1.807) is 6.92 Å². The molecule has 0 aliphatic carbocycles. The van der Waals surface area contributed by atoms with Crippen LogP contribution < -0.4 is 5.56 Å². The second-order valence-electron chi connectivity index (χ2n) is 8.34. The zero-order valence-corrected chi connectivity index (χ0v) is 19.0. The minimum atomic E-state index is -0.618. The van der Waals surface area contributed by atoms with Crippen molar-refractivity contribution in [2.24, 2.45) is 0 Å². The second-order valence-corrected chi connectivity index (χ2v) is 8.34. The first-order valence-electron chi connectivity index (χ1n) is 10.7. The number of nitriles is 1. The van der Waals surface area contributed by atoms with Crippen LogP contribution in [0.15, 0.2) is 51.7 Å². The molecule has 0 unspecified atom stereocenters. The SMILES string of the molecule is Cc1cc(C)c2c(C)c(C(=O)c3c(C)c(C#N)c(=O)n(CCc4ccccc4)c3O)oc2c1. The summed E-state index contributed by atoms with van der Waals surface area (Å²) in [5.74, 6) is -0.917. The van der Waals surface area contributed by atoms with Crippen molar-refractivity contribution in [1.82, 2.24) is 4.57 Å². The van der Waals surface area contributed by atoms with Crippen LogP contribution in [0.3, 0.4) is 0 Å². The molecule has 0 amide bonds. The maximum atomic E-state index is 13.6. The molecule has 4 aromatic rings. The predicted molar refractivity (Wildman–Crippen MR) is 126 cm³/mol. The molecule has 6 nitrogen and oxygen atoms in total. The molecule has 6 heteroatoms. The van der Waals surface area contributed by atoms with Gasteiger partial charge in [0, 0.05) is 17.5 Å². The molecule has 2 heterocycles. The van der Waals surface area contributed by atoms with Crippen molar-refractivity contribution >= 4 is 16.8 Å². The minimum absolute atomic E-state index is 0.0873. The Kier molecular flexibility index (Phi) is 5.65. The molecule has 0 fully saturated rings. The summed E-state index contributed by atoms with van der Waals surface area (Å²) in [5.41, 5.74) is 3.48. The Balaban J connectivity index is 1.87. The number of ketones is 1. The van der Waals surface area contributed by atoms with Crippen molar-refractivity contribution in [3.8, 4) is 11.9 Å². The molecular weight excluding hydrogens is 416 g/mol. The van der Waals surface area contributed by atoms with E-state index in [-0.39, 0.29) is 29.0 Å². The number of fused-ring (bicyclic) bond motifs is 1. The van der Waals surface area contributed by atoms with Crippen LogP contribution in [0.5, 0.6) is 5.88 Å². The highest BCUT2D eigenvalue weighted by Gasteiger charge is 2.29. The summed E-state index contributed by atoms with van der Waals surface area (Å²) >= 11 is 0. The van der Waals surface area contributed by atoms with Crippen LogP contribution >= 0.6 is 0 Å². The van der Waals surface area contributed by atoms with Gasteiger partial charge in [0.1, 0.15) is 17.2 Å². The largest absolute Gasteiger partial charge is 0.494 e. The van der Waals surface area contributed by atoms with E-state index in [1.165, 1.54) is 6.92 Å². The minimum Gasteiger partial charge on any atom is -0.494 e. The van der Waals surface area contributed by atoms with Gasteiger partial charge in [-0.1, -0.05) is 36.4 Å².